The number of phenols is 1. The molecule has 2 N–H and O–H groups in total. The minimum absolute atomic E-state index is 0.0637. The zero-order valence-corrected chi connectivity index (χ0v) is 32.1. The van der Waals surface area contributed by atoms with Crippen LogP contribution in [0.15, 0.2) is 84.9 Å². The molecule has 298 valence electrons. The number of benzene rings is 4. The van der Waals surface area contributed by atoms with Crippen LogP contribution in [0.25, 0.3) is 0 Å². The van der Waals surface area contributed by atoms with Gasteiger partial charge in [0.05, 0.1) is 12.7 Å². The number of imide groups is 1. The standard InChI is InChI=1S/C45H48F2N4O6/c1-56-39-26-33(24-32-27-51(44(55)42(32)39)38-16-17-40(53)48-43(38)54)50-22-20-49(21-23-50)19-5-18-45(46,47)28-57-35-12-8-30(9-13-35)41-36(29-6-3-2-4-7-29)14-10-31-25-34(52)11-15-37(31)41/h2-4,6-9,11-13,15,24-26,36,38,41,52H,5,10,14,16-23,27-28H2,1H3,(H,48,53,54)/t36-,38?,41+/m1/s1. The van der Waals surface area contributed by atoms with Crippen LogP contribution in [0.4, 0.5) is 14.5 Å². The number of ether oxygens (including phenoxy) is 2. The normalized spacial score (nSPS) is 21.2. The first-order valence-corrected chi connectivity index (χ1v) is 19.9. The number of hydrogen-bond acceptors (Lipinski definition) is 8. The van der Waals surface area contributed by atoms with Gasteiger partial charge in [-0.3, -0.25) is 24.6 Å². The first-order chi connectivity index (χ1) is 27.6. The first-order valence-electron chi connectivity index (χ1n) is 19.9. The van der Waals surface area contributed by atoms with Crippen LogP contribution < -0.4 is 19.7 Å². The second-order valence-electron chi connectivity index (χ2n) is 15.6. The van der Waals surface area contributed by atoms with Crippen molar-refractivity contribution in [2.24, 2.45) is 0 Å². The van der Waals surface area contributed by atoms with Gasteiger partial charge in [-0.05, 0) is 96.3 Å². The van der Waals surface area contributed by atoms with E-state index in [-0.39, 0.29) is 55.2 Å². The largest absolute Gasteiger partial charge is 0.508 e. The molecule has 4 aliphatic rings. The maximum absolute atomic E-state index is 15.1. The molecule has 0 saturated carbocycles. The van der Waals surface area contributed by atoms with Gasteiger partial charge in [0.1, 0.15) is 23.3 Å². The van der Waals surface area contributed by atoms with E-state index in [9.17, 15) is 19.5 Å². The number of halogens is 2. The molecule has 4 aromatic rings. The Morgan fingerprint density at radius 3 is 2.37 bits per heavy atom. The van der Waals surface area contributed by atoms with E-state index in [1.54, 1.807) is 18.2 Å². The molecule has 0 radical (unpaired) electrons. The molecule has 1 unspecified atom stereocenters. The molecular weight excluding hydrogens is 731 g/mol. The number of carbonyl (C=O) groups excluding carboxylic acids is 3. The van der Waals surface area contributed by atoms with Gasteiger partial charge in [0.2, 0.25) is 11.8 Å². The molecule has 10 nitrogen and oxygen atoms in total. The summed E-state index contributed by atoms with van der Waals surface area (Å²) in [5.41, 5.74) is 6.76. The fraction of sp³-hybridized carbons (Fsp3) is 0.400. The summed E-state index contributed by atoms with van der Waals surface area (Å²) in [5, 5.41) is 12.5. The van der Waals surface area contributed by atoms with E-state index >= 15 is 8.78 Å². The van der Waals surface area contributed by atoms with E-state index < -0.39 is 24.5 Å². The molecule has 3 atom stereocenters. The average molecular weight is 779 g/mol. The van der Waals surface area contributed by atoms with Gasteiger partial charge in [0.15, 0.2) is 6.61 Å². The summed E-state index contributed by atoms with van der Waals surface area (Å²) < 4.78 is 41.5. The third-order valence-corrected chi connectivity index (χ3v) is 12.1. The molecule has 4 aromatic carbocycles. The van der Waals surface area contributed by atoms with Crippen LogP contribution in [0.5, 0.6) is 17.2 Å². The third kappa shape index (κ3) is 8.18. The lowest BCUT2D eigenvalue weighted by molar-refractivity contribution is -0.136. The molecule has 3 amide bonds. The van der Waals surface area contributed by atoms with Crippen LogP contribution >= 0.6 is 0 Å². The van der Waals surface area contributed by atoms with Crippen LogP contribution in [-0.2, 0) is 22.6 Å². The van der Waals surface area contributed by atoms with Crippen molar-refractivity contribution in [1.82, 2.24) is 15.1 Å². The van der Waals surface area contributed by atoms with Crippen molar-refractivity contribution >= 4 is 23.4 Å². The van der Waals surface area contributed by atoms with Crippen LogP contribution in [0.3, 0.4) is 0 Å². The van der Waals surface area contributed by atoms with E-state index in [2.05, 4.69) is 39.4 Å². The zero-order valence-electron chi connectivity index (χ0n) is 32.1. The Kier molecular flexibility index (Phi) is 10.9. The predicted molar refractivity (Wildman–Crippen MR) is 211 cm³/mol. The summed E-state index contributed by atoms with van der Waals surface area (Å²) in [6.07, 6.45) is 2.33. The lowest BCUT2D eigenvalue weighted by Crippen LogP contribution is -2.52. The van der Waals surface area contributed by atoms with Crippen molar-refractivity contribution in [2.45, 2.75) is 68.9 Å². The third-order valence-electron chi connectivity index (χ3n) is 12.1. The fourth-order valence-electron chi connectivity index (χ4n) is 9.10. The van der Waals surface area contributed by atoms with Crippen molar-refractivity contribution in [3.8, 4) is 17.2 Å². The lowest BCUT2D eigenvalue weighted by atomic mass is 9.69. The van der Waals surface area contributed by atoms with Crippen molar-refractivity contribution in [2.75, 3.05) is 51.3 Å². The number of fused-ring (bicyclic) bond motifs is 2. The Bertz CT molecular complexity index is 2120. The number of phenolic OH excluding ortho intramolecular Hbond substituents is 1. The smallest absolute Gasteiger partial charge is 0.281 e. The maximum atomic E-state index is 15.1. The number of nitrogens with zero attached hydrogens (tertiary/aromatic N) is 3. The van der Waals surface area contributed by atoms with Gasteiger partial charge in [0, 0.05) is 63.2 Å². The van der Waals surface area contributed by atoms with Gasteiger partial charge >= 0.3 is 0 Å². The number of anilines is 1. The Balaban J connectivity index is 0.823. The van der Waals surface area contributed by atoms with Crippen molar-refractivity contribution in [1.29, 1.82) is 0 Å². The summed E-state index contributed by atoms with van der Waals surface area (Å²) >= 11 is 0. The van der Waals surface area contributed by atoms with Crippen LogP contribution in [-0.4, -0.2) is 91.0 Å². The number of piperidine rings is 1. The molecule has 0 aromatic heterocycles. The Morgan fingerprint density at radius 2 is 1.63 bits per heavy atom. The number of piperazine rings is 1. The van der Waals surface area contributed by atoms with Gasteiger partial charge in [0.25, 0.3) is 11.8 Å². The highest BCUT2D eigenvalue weighted by Crippen LogP contribution is 2.47. The quantitative estimate of drug-likeness (QED) is 0.154. The lowest BCUT2D eigenvalue weighted by Gasteiger charge is -2.36. The second-order valence-corrected chi connectivity index (χ2v) is 15.6. The molecule has 2 saturated heterocycles. The van der Waals surface area contributed by atoms with E-state index in [1.165, 1.54) is 23.1 Å². The second kappa shape index (κ2) is 16.2. The minimum atomic E-state index is -2.98. The van der Waals surface area contributed by atoms with Crippen molar-refractivity contribution in [3.63, 3.8) is 0 Å². The highest BCUT2D eigenvalue weighted by atomic mass is 19.3. The molecule has 3 aliphatic heterocycles. The minimum Gasteiger partial charge on any atom is -0.508 e. The van der Waals surface area contributed by atoms with Gasteiger partial charge in [-0.1, -0.05) is 48.5 Å². The molecule has 12 heteroatoms. The number of methoxy groups -OCH3 is 1. The summed E-state index contributed by atoms with van der Waals surface area (Å²) in [6, 6.07) is 26.6. The molecule has 0 spiro atoms. The van der Waals surface area contributed by atoms with Crippen LogP contribution in [0.2, 0.25) is 0 Å². The molecular formula is C45H48F2N4O6. The SMILES string of the molecule is COc1cc(N2CCN(CCCC(F)(F)COc3ccc([C@@H]4c5ccc(O)cc5CC[C@@H]4c4ccccc4)cc3)CC2)cc2c1C(=O)N(C1CCC(=O)NC1=O)C2. The van der Waals surface area contributed by atoms with Crippen LogP contribution in [0, 0.1) is 0 Å². The average Bonchev–Trinajstić information content (AvgIpc) is 3.55. The van der Waals surface area contributed by atoms with Gasteiger partial charge in [-0.15, -0.1) is 0 Å². The highest BCUT2D eigenvalue weighted by Gasteiger charge is 2.41. The van der Waals surface area contributed by atoms with E-state index in [4.69, 9.17) is 9.47 Å². The van der Waals surface area contributed by atoms with E-state index in [0.717, 1.165) is 35.2 Å². The molecule has 57 heavy (non-hydrogen) atoms. The van der Waals surface area contributed by atoms with Gasteiger partial charge in [-0.25, -0.2) is 8.78 Å². The highest BCUT2D eigenvalue weighted by molar-refractivity contribution is 6.06. The summed E-state index contributed by atoms with van der Waals surface area (Å²) in [4.78, 5) is 43.5. The molecule has 3 heterocycles. The monoisotopic (exact) mass is 778 g/mol. The number of alkyl halides is 2. The number of nitrogens with one attached hydrogen (secondary N) is 1. The summed E-state index contributed by atoms with van der Waals surface area (Å²) in [6.45, 7) is 2.88. The summed E-state index contributed by atoms with van der Waals surface area (Å²) in [5.74, 6) is -2.63. The van der Waals surface area contributed by atoms with Crippen LogP contribution in [0.1, 0.15) is 82.1 Å². The molecule has 0 bridgehead atoms. The molecule has 1 aliphatic carbocycles. The first kappa shape index (κ1) is 38.4. The molecule has 8 rings (SSSR count). The fourth-order valence-corrected chi connectivity index (χ4v) is 9.10. The van der Waals surface area contributed by atoms with E-state index in [1.807, 2.05) is 42.5 Å². The zero-order chi connectivity index (χ0) is 39.7. The van der Waals surface area contributed by atoms with E-state index in [0.29, 0.717) is 56.2 Å². The number of rotatable bonds is 12. The van der Waals surface area contributed by atoms with Crippen molar-refractivity contribution in [3.05, 3.63) is 118 Å². The van der Waals surface area contributed by atoms with Gasteiger partial charge in [-0.2, -0.15) is 0 Å². The predicted octanol–water partition coefficient (Wildman–Crippen LogP) is 6.64. The Labute approximate surface area is 331 Å². The van der Waals surface area contributed by atoms with Gasteiger partial charge < -0.3 is 24.4 Å². The number of aryl methyl sites for hydroxylation is 1. The maximum Gasteiger partial charge on any atom is 0.281 e. The number of hydrogen-bond donors (Lipinski definition) is 2. The van der Waals surface area contributed by atoms with Crippen molar-refractivity contribution < 1.29 is 37.7 Å². The Morgan fingerprint density at radius 1 is 0.860 bits per heavy atom. The number of aromatic hydroxyl groups is 1. The molecule has 2 fully saturated rings. The summed E-state index contributed by atoms with van der Waals surface area (Å²) in [7, 11) is 1.52. The Hall–Kier alpha value is -5.49. The topological polar surface area (TPSA) is 112 Å². The number of carbonyl (C=O) groups is 3. The number of amides is 3.